The fraction of sp³-hybridized carbons (Fsp3) is 1.00. The lowest BCUT2D eigenvalue weighted by molar-refractivity contribution is -0.164. The molecule has 0 radical (unpaired) electrons. The minimum atomic E-state index is -6.10. The largest absolute Gasteiger partial charge is 0.431 e. The molecule has 19 heavy (non-hydrogen) atoms. The van der Waals surface area contributed by atoms with Crippen LogP contribution in [0.25, 0.3) is 0 Å². The first kappa shape index (κ1) is 18.6. The van der Waals surface area contributed by atoms with E-state index in [2.05, 4.69) is 0 Å². The standard InChI is InChI=1S/C11H20F4O3S/c1-2-3-4-5-6-7-8-9-10(12,13)11(14,15)19(16,17)18/h2-9H2,1H3,(H,16,17,18). The monoisotopic (exact) mass is 308 g/mol. The van der Waals surface area contributed by atoms with Gasteiger partial charge in [-0.3, -0.25) is 4.55 Å². The van der Waals surface area contributed by atoms with Gasteiger partial charge in [-0.1, -0.05) is 45.4 Å². The molecule has 0 saturated carbocycles. The van der Waals surface area contributed by atoms with Gasteiger partial charge in [-0.2, -0.15) is 26.0 Å². The molecule has 0 spiro atoms. The average molecular weight is 308 g/mol. The van der Waals surface area contributed by atoms with Gasteiger partial charge in [0.1, 0.15) is 0 Å². The highest BCUT2D eigenvalue weighted by molar-refractivity contribution is 7.87. The Balaban J connectivity index is 4.11. The fourth-order valence-corrected chi connectivity index (χ4v) is 2.12. The van der Waals surface area contributed by atoms with Gasteiger partial charge < -0.3 is 0 Å². The van der Waals surface area contributed by atoms with Crippen LogP contribution in [0, 0.1) is 0 Å². The molecule has 0 aliphatic rings. The zero-order valence-corrected chi connectivity index (χ0v) is 11.7. The zero-order valence-electron chi connectivity index (χ0n) is 10.8. The molecule has 0 saturated heterocycles. The van der Waals surface area contributed by atoms with E-state index >= 15 is 0 Å². The van der Waals surface area contributed by atoms with Crippen LogP contribution in [0.1, 0.15) is 58.3 Å². The van der Waals surface area contributed by atoms with E-state index in [1.54, 1.807) is 0 Å². The van der Waals surface area contributed by atoms with Gasteiger partial charge in [-0.25, -0.2) is 0 Å². The van der Waals surface area contributed by atoms with Crippen molar-refractivity contribution in [2.45, 2.75) is 69.5 Å². The molecule has 0 unspecified atom stereocenters. The van der Waals surface area contributed by atoms with Crippen molar-refractivity contribution in [3.8, 4) is 0 Å². The quantitative estimate of drug-likeness (QED) is 0.373. The molecule has 0 heterocycles. The van der Waals surface area contributed by atoms with Gasteiger partial charge in [0, 0.05) is 6.42 Å². The molecule has 1 N–H and O–H groups in total. The summed E-state index contributed by atoms with van der Waals surface area (Å²) >= 11 is 0. The molecule has 0 bridgehead atoms. The molecule has 8 heteroatoms. The molecular formula is C11H20F4O3S. The van der Waals surface area contributed by atoms with Crippen molar-refractivity contribution in [1.82, 2.24) is 0 Å². The van der Waals surface area contributed by atoms with Crippen LogP contribution in [-0.2, 0) is 10.1 Å². The SMILES string of the molecule is CCCCCCCCCC(F)(F)C(F)(F)S(=O)(=O)O. The molecule has 0 aromatic heterocycles. The van der Waals surface area contributed by atoms with Crippen LogP contribution in [0.2, 0.25) is 0 Å². The molecule has 0 rings (SSSR count). The predicted octanol–water partition coefficient (Wildman–Crippen LogP) is 4.24. The Bertz CT molecular complexity index is 355. The van der Waals surface area contributed by atoms with Gasteiger partial charge in [-0.05, 0) is 6.42 Å². The Morgan fingerprint density at radius 2 is 1.32 bits per heavy atom. The molecule has 0 aliphatic carbocycles. The average Bonchev–Trinajstić information content (AvgIpc) is 2.26. The summed E-state index contributed by atoms with van der Waals surface area (Å²) < 4.78 is 80.3. The van der Waals surface area contributed by atoms with Crippen molar-refractivity contribution < 1.29 is 30.5 Å². The maximum absolute atomic E-state index is 13.0. The summed E-state index contributed by atoms with van der Waals surface area (Å²) in [5.74, 6) is -4.75. The summed E-state index contributed by atoms with van der Waals surface area (Å²) in [6.45, 7) is 2.03. The van der Waals surface area contributed by atoms with Crippen LogP contribution in [0.3, 0.4) is 0 Å². The minimum Gasteiger partial charge on any atom is -0.281 e. The van der Waals surface area contributed by atoms with Gasteiger partial charge in [0.05, 0.1) is 0 Å². The zero-order chi connectivity index (χ0) is 15.2. The van der Waals surface area contributed by atoms with Crippen LogP contribution >= 0.6 is 0 Å². The second-order valence-corrected chi connectivity index (χ2v) is 6.03. The molecular weight excluding hydrogens is 288 g/mol. The van der Waals surface area contributed by atoms with Crippen molar-refractivity contribution in [2.75, 3.05) is 0 Å². The lowest BCUT2D eigenvalue weighted by atomic mass is 10.1. The highest BCUT2D eigenvalue weighted by Crippen LogP contribution is 2.41. The van der Waals surface area contributed by atoms with E-state index in [1.165, 1.54) is 0 Å². The van der Waals surface area contributed by atoms with Crippen LogP contribution in [-0.4, -0.2) is 24.1 Å². The third kappa shape index (κ3) is 5.64. The molecule has 0 aliphatic heterocycles. The number of unbranched alkanes of at least 4 members (excludes halogenated alkanes) is 6. The molecule has 0 amide bonds. The third-order valence-corrected chi connectivity index (χ3v) is 3.79. The second kappa shape index (κ2) is 7.42. The van der Waals surface area contributed by atoms with Crippen LogP contribution in [0.4, 0.5) is 17.6 Å². The lowest BCUT2D eigenvalue weighted by Crippen LogP contribution is -2.46. The molecule has 3 nitrogen and oxygen atoms in total. The van der Waals surface area contributed by atoms with Crippen molar-refractivity contribution in [3.05, 3.63) is 0 Å². The minimum absolute atomic E-state index is 0.204. The van der Waals surface area contributed by atoms with E-state index in [1.807, 2.05) is 6.92 Å². The lowest BCUT2D eigenvalue weighted by Gasteiger charge is -2.23. The first-order valence-corrected chi connectivity index (χ1v) is 7.73. The fourth-order valence-electron chi connectivity index (χ4n) is 1.64. The summed E-state index contributed by atoms with van der Waals surface area (Å²) in [5, 5.41) is -5.43. The number of alkyl halides is 4. The Morgan fingerprint density at radius 3 is 1.74 bits per heavy atom. The van der Waals surface area contributed by atoms with E-state index in [0.717, 1.165) is 25.7 Å². The first-order chi connectivity index (χ1) is 8.56. The Labute approximate surface area is 111 Å². The smallest absolute Gasteiger partial charge is 0.281 e. The van der Waals surface area contributed by atoms with Gasteiger partial charge in [0.25, 0.3) is 0 Å². The summed E-state index contributed by atoms with van der Waals surface area (Å²) in [4.78, 5) is 0. The van der Waals surface area contributed by atoms with E-state index in [4.69, 9.17) is 4.55 Å². The number of hydrogen-bond acceptors (Lipinski definition) is 2. The number of hydrogen-bond donors (Lipinski definition) is 1. The summed E-state index contributed by atoms with van der Waals surface area (Å²) in [7, 11) is -6.10. The summed E-state index contributed by atoms with van der Waals surface area (Å²) in [6, 6.07) is 0. The Kier molecular flexibility index (Phi) is 7.28. The molecule has 0 aromatic rings. The molecule has 0 fully saturated rings. The van der Waals surface area contributed by atoms with Crippen LogP contribution in [0.5, 0.6) is 0 Å². The van der Waals surface area contributed by atoms with Crippen molar-refractivity contribution in [3.63, 3.8) is 0 Å². The van der Waals surface area contributed by atoms with E-state index in [9.17, 15) is 26.0 Å². The highest BCUT2D eigenvalue weighted by atomic mass is 32.2. The Morgan fingerprint density at radius 1 is 0.895 bits per heavy atom. The maximum Gasteiger partial charge on any atom is 0.431 e. The molecule has 116 valence electrons. The normalized spacial score (nSPS) is 13.8. The van der Waals surface area contributed by atoms with Crippen molar-refractivity contribution >= 4 is 10.1 Å². The topological polar surface area (TPSA) is 54.4 Å². The maximum atomic E-state index is 13.0. The van der Waals surface area contributed by atoms with E-state index in [0.29, 0.717) is 12.8 Å². The van der Waals surface area contributed by atoms with Gasteiger partial charge in [0.2, 0.25) is 0 Å². The van der Waals surface area contributed by atoms with Gasteiger partial charge in [-0.15, -0.1) is 0 Å². The number of halogens is 4. The Hall–Kier alpha value is -0.370. The van der Waals surface area contributed by atoms with Crippen molar-refractivity contribution in [1.29, 1.82) is 0 Å². The second-order valence-electron chi connectivity index (χ2n) is 4.57. The van der Waals surface area contributed by atoms with Gasteiger partial charge >= 0.3 is 21.3 Å². The van der Waals surface area contributed by atoms with Crippen LogP contribution in [0.15, 0.2) is 0 Å². The first-order valence-electron chi connectivity index (χ1n) is 6.29. The van der Waals surface area contributed by atoms with E-state index < -0.39 is 27.7 Å². The highest BCUT2D eigenvalue weighted by Gasteiger charge is 2.64. The summed E-state index contributed by atoms with van der Waals surface area (Å²) in [6.07, 6.45) is 3.41. The molecule has 0 aromatic carbocycles. The van der Waals surface area contributed by atoms with Crippen molar-refractivity contribution in [2.24, 2.45) is 0 Å². The van der Waals surface area contributed by atoms with Crippen LogP contribution < -0.4 is 0 Å². The predicted molar refractivity (Wildman–Crippen MR) is 64.1 cm³/mol. The third-order valence-electron chi connectivity index (χ3n) is 2.84. The molecule has 0 atom stereocenters. The number of rotatable bonds is 10. The van der Waals surface area contributed by atoms with E-state index in [-0.39, 0.29) is 6.42 Å². The summed E-state index contributed by atoms with van der Waals surface area (Å²) in [5.41, 5.74) is 0. The van der Waals surface area contributed by atoms with Gasteiger partial charge in [0.15, 0.2) is 0 Å².